The minimum atomic E-state index is 0.659. The number of nitrogens with one attached hydrogen (secondary N) is 1. The zero-order valence-electron chi connectivity index (χ0n) is 11.3. The van der Waals surface area contributed by atoms with Crippen LogP contribution in [0.25, 0.3) is 0 Å². The number of para-hydroxylation sites is 2. The number of anilines is 2. The summed E-state index contributed by atoms with van der Waals surface area (Å²) in [4.78, 5) is 2.03. The monoisotopic (exact) mass is 285 g/mol. The largest absolute Gasteiger partial charge is 0.362 e. The van der Waals surface area contributed by atoms with E-state index in [0.29, 0.717) is 11.7 Å². The van der Waals surface area contributed by atoms with E-state index in [4.69, 9.17) is 18.0 Å². The summed E-state index contributed by atoms with van der Waals surface area (Å²) in [5, 5.41) is 3.95. The van der Waals surface area contributed by atoms with E-state index in [9.17, 15) is 0 Å². The molecular weight excluding hydrogens is 266 g/mol. The second-order valence-electron chi connectivity index (χ2n) is 4.38. The van der Waals surface area contributed by atoms with Gasteiger partial charge in [0.2, 0.25) is 0 Å². The smallest absolute Gasteiger partial charge is 0.178 e. The van der Waals surface area contributed by atoms with Gasteiger partial charge in [-0.05, 0) is 49.4 Å². The molecule has 0 amide bonds. The number of benzene rings is 2. The van der Waals surface area contributed by atoms with Gasteiger partial charge < -0.3 is 11.1 Å². The van der Waals surface area contributed by atoms with Crippen LogP contribution in [0.4, 0.5) is 11.4 Å². The Labute approximate surface area is 125 Å². The van der Waals surface area contributed by atoms with Gasteiger partial charge in [-0.3, -0.25) is 4.90 Å². The number of nitrogens with two attached hydrogens (primary N) is 1. The molecule has 0 fully saturated rings. The van der Waals surface area contributed by atoms with Crippen LogP contribution in [0.15, 0.2) is 60.7 Å². The van der Waals surface area contributed by atoms with Crippen LogP contribution in [0.5, 0.6) is 0 Å². The minimum absolute atomic E-state index is 0.659. The van der Waals surface area contributed by atoms with E-state index in [1.807, 2.05) is 65.6 Å². The highest BCUT2D eigenvalue weighted by Gasteiger charge is 2.13. The number of hydrogen-bond donors (Lipinski definition) is 2. The number of thiocarbonyl (C=S) groups is 1. The highest BCUT2D eigenvalue weighted by atomic mass is 32.1. The lowest BCUT2D eigenvalue weighted by Gasteiger charge is -2.26. The van der Waals surface area contributed by atoms with Gasteiger partial charge in [-0.25, -0.2) is 0 Å². The fraction of sp³-hybridized carbons (Fsp3) is 0.188. The second kappa shape index (κ2) is 7.62. The second-order valence-corrected chi connectivity index (χ2v) is 4.77. The van der Waals surface area contributed by atoms with Crippen LogP contribution < -0.4 is 16.0 Å². The maximum absolute atomic E-state index is 5.53. The van der Waals surface area contributed by atoms with Crippen molar-refractivity contribution >= 4 is 28.7 Å². The predicted molar refractivity (Wildman–Crippen MR) is 89.3 cm³/mol. The Morgan fingerprint density at radius 1 is 0.950 bits per heavy atom. The van der Waals surface area contributed by atoms with Crippen molar-refractivity contribution in [3.8, 4) is 0 Å². The average molecular weight is 285 g/mol. The molecule has 4 heteroatoms. The van der Waals surface area contributed by atoms with E-state index in [0.717, 1.165) is 24.3 Å². The lowest BCUT2D eigenvalue weighted by molar-refractivity contribution is 0.784. The van der Waals surface area contributed by atoms with Crippen LogP contribution in [0.1, 0.15) is 6.42 Å². The van der Waals surface area contributed by atoms with Gasteiger partial charge in [-0.1, -0.05) is 36.4 Å². The number of rotatable bonds is 5. The van der Waals surface area contributed by atoms with E-state index < -0.39 is 0 Å². The molecule has 0 saturated heterocycles. The van der Waals surface area contributed by atoms with Crippen molar-refractivity contribution in [2.75, 3.05) is 18.0 Å². The first-order valence-corrected chi connectivity index (χ1v) is 7.12. The van der Waals surface area contributed by atoms with Crippen molar-refractivity contribution in [2.24, 2.45) is 5.73 Å². The first-order valence-electron chi connectivity index (χ1n) is 6.71. The molecule has 2 aromatic carbocycles. The Morgan fingerprint density at radius 2 is 1.45 bits per heavy atom. The van der Waals surface area contributed by atoms with E-state index >= 15 is 0 Å². The van der Waals surface area contributed by atoms with Gasteiger partial charge in [0.25, 0.3) is 0 Å². The molecule has 2 rings (SSSR count). The summed E-state index contributed by atoms with van der Waals surface area (Å²) in [6, 6.07) is 20.2. The highest BCUT2D eigenvalue weighted by molar-refractivity contribution is 7.80. The Balaban J connectivity index is 2.23. The van der Waals surface area contributed by atoms with Gasteiger partial charge >= 0.3 is 0 Å². The lowest BCUT2D eigenvalue weighted by atomic mass is 10.2. The van der Waals surface area contributed by atoms with Crippen LogP contribution in [-0.2, 0) is 0 Å². The van der Waals surface area contributed by atoms with Crippen LogP contribution in [-0.4, -0.2) is 18.2 Å². The van der Waals surface area contributed by atoms with Crippen molar-refractivity contribution in [1.82, 2.24) is 5.32 Å². The number of hydrogen-bond acceptors (Lipinski definition) is 2. The van der Waals surface area contributed by atoms with Crippen LogP contribution in [0.2, 0.25) is 0 Å². The standard InChI is InChI=1S/C16H19N3S/c17-12-7-13-18-16(20)19(14-8-3-1-4-9-14)15-10-5-2-6-11-15/h1-6,8-11H,7,12-13,17H2,(H,18,20). The Bertz CT molecular complexity index is 488. The van der Waals surface area contributed by atoms with E-state index in [-0.39, 0.29) is 0 Å². The third-order valence-corrected chi connectivity index (χ3v) is 3.22. The van der Waals surface area contributed by atoms with Gasteiger partial charge in [-0.2, -0.15) is 0 Å². The van der Waals surface area contributed by atoms with Gasteiger partial charge in [0.1, 0.15) is 0 Å². The molecule has 0 bridgehead atoms. The topological polar surface area (TPSA) is 41.3 Å². The summed E-state index contributed by atoms with van der Waals surface area (Å²) >= 11 is 5.53. The third-order valence-electron chi connectivity index (χ3n) is 2.89. The predicted octanol–water partition coefficient (Wildman–Crippen LogP) is 3.05. The molecule has 0 saturated carbocycles. The molecule has 0 radical (unpaired) electrons. The molecule has 0 aliphatic carbocycles. The Morgan fingerprint density at radius 3 is 1.90 bits per heavy atom. The van der Waals surface area contributed by atoms with E-state index in [2.05, 4.69) is 5.32 Å². The molecule has 0 aliphatic heterocycles. The molecule has 0 atom stereocenters. The van der Waals surface area contributed by atoms with Gasteiger partial charge in [0.15, 0.2) is 5.11 Å². The molecule has 2 aromatic rings. The van der Waals surface area contributed by atoms with E-state index in [1.54, 1.807) is 0 Å². The SMILES string of the molecule is NCCCNC(=S)N(c1ccccc1)c1ccccc1. The molecule has 3 N–H and O–H groups in total. The molecular formula is C16H19N3S. The fourth-order valence-electron chi connectivity index (χ4n) is 1.91. The van der Waals surface area contributed by atoms with Crippen molar-refractivity contribution in [3.63, 3.8) is 0 Å². The number of nitrogens with zero attached hydrogens (tertiary/aromatic N) is 1. The summed E-state index contributed by atoms with van der Waals surface area (Å²) in [5.41, 5.74) is 7.61. The molecule has 0 spiro atoms. The molecule has 20 heavy (non-hydrogen) atoms. The third kappa shape index (κ3) is 3.79. The summed E-state index contributed by atoms with van der Waals surface area (Å²) in [7, 11) is 0. The van der Waals surface area contributed by atoms with Crippen molar-refractivity contribution in [3.05, 3.63) is 60.7 Å². The maximum atomic E-state index is 5.53. The lowest BCUT2D eigenvalue weighted by Crippen LogP contribution is -2.37. The van der Waals surface area contributed by atoms with E-state index in [1.165, 1.54) is 0 Å². The quantitative estimate of drug-likeness (QED) is 0.654. The molecule has 0 aliphatic rings. The van der Waals surface area contributed by atoms with Crippen molar-refractivity contribution in [2.45, 2.75) is 6.42 Å². The van der Waals surface area contributed by atoms with Crippen molar-refractivity contribution < 1.29 is 0 Å². The zero-order valence-corrected chi connectivity index (χ0v) is 12.1. The molecule has 3 nitrogen and oxygen atoms in total. The first-order chi connectivity index (χ1) is 9.83. The summed E-state index contributed by atoms with van der Waals surface area (Å²) in [5.74, 6) is 0. The van der Waals surface area contributed by atoms with Crippen LogP contribution in [0.3, 0.4) is 0 Å². The van der Waals surface area contributed by atoms with Crippen LogP contribution >= 0.6 is 12.2 Å². The molecule has 0 unspecified atom stereocenters. The summed E-state index contributed by atoms with van der Waals surface area (Å²) in [6.07, 6.45) is 0.900. The normalized spacial score (nSPS) is 10.1. The van der Waals surface area contributed by atoms with Gasteiger partial charge in [0.05, 0.1) is 0 Å². The summed E-state index contributed by atoms with van der Waals surface area (Å²) in [6.45, 7) is 1.44. The Hall–Kier alpha value is -1.91. The fourth-order valence-corrected chi connectivity index (χ4v) is 2.23. The highest BCUT2D eigenvalue weighted by Crippen LogP contribution is 2.24. The van der Waals surface area contributed by atoms with Crippen LogP contribution in [0, 0.1) is 0 Å². The molecule has 0 aromatic heterocycles. The van der Waals surface area contributed by atoms with Gasteiger partial charge in [0, 0.05) is 17.9 Å². The zero-order chi connectivity index (χ0) is 14.2. The molecule has 104 valence electrons. The van der Waals surface area contributed by atoms with Crippen molar-refractivity contribution in [1.29, 1.82) is 0 Å². The minimum Gasteiger partial charge on any atom is -0.362 e. The maximum Gasteiger partial charge on any atom is 0.178 e. The van der Waals surface area contributed by atoms with Gasteiger partial charge in [-0.15, -0.1) is 0 Å². The molecule has 0 heterocycles. The first kappa shape index (κ1) is 14.5. The average Bonchev–Trinajstić information content (AvgIpc) is 2.50. The Kier molecular flexibility index (Phi) is 5.53. The summed E-state index contributed by atoms with van der Waals surface area (Å²) < 4.78 is 0.